The molecule has 0 saturated carbocycles. The highest BCUT2D eigenvalue weighted by atomic mass is 16.3. The summed E-state index contributed by atoms with van der Waals surface area (Å²) in [6.45, 7) is 0. The van der Waals surface area contributed by atoms with Crippen molar-refractivity contribution in [3.8, 4) is 56.4 Å². The van der Waals surface area contributed by atoms with E-state index in [-0.39, 0.29) is 0 Å². The molecule has 0 N–H and O–H groups in total. The fourth-order valence-corrected chi connectivity index (χ4v) is 7.93. The third-order valence-corrected chi connectivity index (χ3v) is 10.5. The van der Waals surface area contributed by atoms with Crippen LogP contribution in [0.4, 0.5) is 0 Å². The van der Waals surface area contributed by atoms with E-state index in [1.165, 1.54) is 21.5 Å². The summed E-state index contributed by atoms with van der Waals surface area (Å²) in [6, 6.07) is 61.1. The molecule has 0 aliphatic carbocycles. The lowest BCUT2D eigenvalue weighted by Crippen LogP contribution is -2.00. The number of rotatable bonds is 5. The second-order valence-corrected chi connectivity index (χ2v) is 13.8. The van der Waals surface area contributed by atoms with Crippen molar-refractivity contribution < 1.29 is 4.42 Å². The topological polar surface area (TPSA) is 64.7 Å². The lowest BCUT2D eigenvalue weighted by molar-refractivity contribution is 0.669. The van der Waals surface area contributed by atoms with Gasteiger partial charge in [0.15, 0.2) is 17.5 Å². The maximum absolute atomic E-state index is 6.30. The smallest absolute Gasteiger partial charge is 0.164 e. The number of aromatic nitrogens is 4. The minimum Gasteiger partial charge on any atom is -0.456 e. The molecule has 0 spiro atoms. The number of para-hydroxylation sites is 1. The average Bonchev–Trinajstić information content (AvgIpc) is 3.64. The van der Waals surface area contributed by atoms with E-state index in [1.54, 1.807) is 0 Å². The zero-order valence-corrected chi connectivity index (χ0v) is 29.5. The van der Waals surface area contributed by atoms with Crippen LogP contribution in [-0.2, 0) is 0 Å². The van der Waals surface area contributed by atoms with Crippen LogP contribution >= 0.6 is 0 Å². The predicted octanol–water partition coefficient (Wildman–Crippen LogP) is 13.0. The fourth-order valence-electron chi connectivity index (χ4n) is 7.93. The molecule has 0 amide bonds. The second kappa shape index (κ2) is 12.6. The molecule has 11 rings (SSSR count). The van der Waals surface area contributed by atoms with Crippen LogP contribution in [0, 0.1) is 0 Å². The summed E-state index contributed by atoms with van der Waals surface area (Å²) in [6.07, 6.45) is 1.84. The average molecular weight is 703 g/mol. The van der Waals surface area contributed by atoms with Gasteiger partial charge in [-0.15, -0.1) is 0 Å². The van der Waals surface area contributed by atoms with E-state index < -0.39 is 0 Å². The van der Waals surface area contributed by atoms with Crippen molar-refractivity contribution in [3.63, 3.8) is 0 Å². The first-order valence-corrected chi connectivity index (χ1v) is 18.4. The molecule has 55 heavy (non-hydrogen) atoms. The van der Waals surface area contributed by atoms with Crippen LogP contribution in [0.25, 0.3) is 111 Å². The Hall–Kier alpha value is -7.50. The SMILES string of the molecule is c1ccc(-c2nc(-c3cc(-c4cccc5ncccc45)cc(-c4cc5ccccc5c5ccccc45)c3)nc(-c3ccc4c(c3)oc3ccccc34)n2)cc1. The van der Waals surface area contributed by atoms with E-state index in [4.69, 9.17) is 19.4 Å². The lowest BCUT2D eigenvalue weighted by Gasteiger charge is -2.15. The molecule has 0 aliphatic heterocycles. The van der Waals surface area contributed by atoms with Crippen LogP contribution < -0.4 is 0 Å². The van der Waals surface area contributed by atoms with Crippen molar-refractivity contribution in [1.82, 2.24) is 19.9 Å². The molecule has 8 aromatic carbocycles. The fraction of sp³-hybridized carbons (Fsp3) is 0. The number of nitrogens with zero attached hydrogens (tertiary/aromatic N) is 4. The monoisotopic (exact) mass is 702 g/mol. The molecular weight excluding hydrogens is 673 g/mol. The number of furan rings is 1. The number of hydrogen-bond donors (Lipinski definition) is 0. The van der Waals surface area contributed by atoms with Crippen LogP contribution in [0.5, 0.6) is 0 Å². The standard InChI is InChI=1S/C50H30N4O/c1-2-12-31(13-3-1)48-52-49(33-23-24-43-42-18-8-9-22-46(42)55-47(43)30-33)54-50(53-48)36-27-34(38-19-10-21-45-41(38)20-11-25-51-45)26-35(28-36)44-29-32-14-4-5-15-37(32)39-16-6-7-17-40(39)44/h1-30H. The third kappa shape index (κ3) is 5.33. The summed E-state index contributed by atoms with van der Waals surface area (Å²) >= 11 is 0. The van der Waals surface area contributed by atoms with E-state index in [2.05, 4.69) is 120 Å². The van der Waals surface area contributed by atoms with Crippen LogP contribution in [0.2, 0.25) is 0 Å². The largest absolute Gasteiger partial charge is 0.456 e. The molecule has 0 unspecified atom stereocenters. The maximum Gasteiger partial charge on any atom is 0.164 e. The van der Waals surface area contributed by atoms with Crippen LogP contribution in [0.1, 0.15) is 0 Å². The molecule has 5 nitrogen and oxygen atoms in total. The summed E-state index contributed by atoms with van der Waals surface area (Å²) in [7, 11) is 0. The van der Waals surface area contributed by atoms with Gasteiger partial charge in [-0.25, -0.2) is 15.0 Å². The molecule has 11 aromatic rings. The Morgan fingerprint density at radius 2 is 0.964 bits per heavy atom. The molecule has 256 valence electrons. The van der Waals surface area contributed by atoms with Gasteiger partial charge in [0.25, 0.3) is 0 Å². The van der Waals surface area contributed by atoms with E-state index in [0.29, 0.717) is 17.5 Å². The molecule has 3 heterocycles. The summed E-state index contributed by atoms with van der Waals surface area (Å²) in [5.41, 5.74) is 9.59. The highest BCUT2D eigenvalue weighted by Gasteiger charge is 2.18. The molecule has 0 aliphatic rings. The molecule has 0 bridgehead atoms. The highest BCUT2D eigenvalue weighted by Crippen LogP contribution is 2.40. The molecule has 0 fully saturated rings. The van der Waals surface area contributed by atoms with Crippen LogP contribution in [-0.4, -0.2) is 19.9 Å². The summed E-state index contributed by atoms with van der Waals surface area (Å²) in [5.74, 6) is 1.76. The van der Waals surface area contributed by atoms with Gasteiger partial charge in [0.05, 0.1) is 5.52 Å². The van der Waals surface area contributed by atoms with Gasteiger partial charge in [-0.2, -0.15) is 0 Å². The normalized spacial score (nSPS) is 11.6. The van der Waals surface area contributed by atoms with E-state index in [9.17, 15) is 0 Å². The number of hydrogen-bond acceptors (Lipinski definition) is 5. The Morgan fingerprint density at radius 1 is 0.327 bits per heavy atom. The van der Waals surface area contributed by atoms with E-state index in [0.717, 1.165) is 71.8 Å². The summed E-state index contributed by atoms with van der Waals surface area (Å²) < 4.78 is 6.30. The Bertz CT molecular complexity index is 3270. The lowest BCUT2D eigenvalue weighted by atomic mass is 9.90. The van der Waals surface area contributed by atoms with Crippen molar-refractivity contribution in [2.24, 2.45) is 0 Å². The van der Waals surface area contributed by atoms with Gasteiger partial charge in [-0.1, -0.05) is 121 Å². The molecule has 0 atom stereocenters. The van der Waals surface area contributed by atoms with Gasteiger partial charge >= 0.3 is 0 Å². The highest BCUT2D eigenvalue weighted by molar-refractivity contribution is 6.14. The predicted molar refractivity (Wildman–Crippen MR) is 225 cm³/mol. The van der Waals surface area contributed by atoms with Gasteiger partial charge in [0.1, 0.15) is 11.2 Å². The Kier molecular flexibility index (Phi) is 7.10. The molecule has 0 saturated heterocycles. The van der Waals surface area contributed by atoms with E-state index >= 15 is 0 Å². The maximum atomic E-state index is 6.30. The molecular formula is C50H30N4O. The first kappa shape index (κ1) is 31.1. The minimum absolute atomic E-state index is 0.573. The summed E-state index contributed by atoms with van der Waals surface area (Å²) in [4.78, 5) is 20.2. The number of fused-ring (bicyclic) bond motifs is 7. The van der Waals surface area contributed by atoms with Crippen molar-refractivity contribution in [2.45, 2.75) is 0 Å². The zero-order valence-electron chi connectivity index (χ0n) is 29.5. The Morgan fingerprint density at radius 3 is 1.82 bits per heavy atom. The van der Waals surface area contributed by atoms with Gasteiger partial charge in [0.2, 0.25) is 0 Å². The van der Waals surface area contributed by atoms with Crippen molar-refractivity contribution in [3.05, 3.63) is 182 Å². The minimum atomic E-state index is 0.573. The second-order valence-electron chi connectivity index (χ2n) is 13.8. The van der Waals surface area contributed by atoms with Gasteiger partial charge in [-0.3, -0.25) is 4.98 Å². The third-order valence-electron chi connectivity index (χ3n) is 10.5. The number of pyridine rings is 1. The quantitative estimate of drug-likeness (QED) is 0.167. The van der Waals surface area contributed by atoms with Gasteiger partial charge in [0, 0.05) is 39.0 Å². The zero-order chi connectivity index (χ0) is 36.3. The molecule has 5 heteroatoms. The number of benzene rings is 8. The van der Waals surface area contributed by atoms with Crippen LogP contribution in [0.15, 0.2) is 187 Å². The molecule has 0 radical (unpaired) electrons. The van der Waals surface area contributed by atoms with Crippen molar-refractivity contribution >= 4 is 54.4 Å². The first-order valence-electron chi connectivity index (χ1n) is 18.4. The summed E-state index contributed by atoms with van der Waals surface area (Å²) in [5, 5.41) is 8.04. The Labute approximate surface area is 316 Å². The molecule has 3 aromatic heterocycles. The van der Waals surface area contributed by atoms with Crippen molar-refractivity contribution in [1.29, 1.82) is 0 Å². The van der Waals surface area contributed by atoms with Crippen LogP contribution in [0.3, 0.4) is 0 Å². The van der Waals surface area contributed by atoms with E-state index in [1.807, 2.05) is 66.9 Å². The van der Waals surface area contributed by atoms with Gasteiger partial charge < -0.3 is 4.42 Å². The van der Waals surface area contributed by atoms with Gasteiger partial charge in [-0.05, 0) is 98.4 Å². The Balaban J connectivity index is 1.18. The van der Waals surface area contributed by atoms with Crippen molar-refractivity contribution in [2.75, 3.05) is 0 Å². The first-order chi connectivity index (χ1) is 27.2.